The van der Waals surface area contributed by atoms with Crippen LogP contribution in [0, 0.1) is 0 Å². The molecule has 0 aliphatic carbocycles. The maximum atomic E-state index is 10.5. The van der Waals surface area contributed by atoms with Gasteiger partial charge < -0.3 is 0 Å². The monoisotopic (exact) mass is 210 g/mol. The molecule has 56 valence electrons. The highest BCUT2D eigenvalue weighted by molar-refractivity contribution is 8.05. The Labute approximate surface area is 68.5 Å². The highest BCUT2D eigenvalue weighted by Crippen LogP contribution is 2.60. The van der Waals surface area contributed by atoms with Gasteiger partial charge in [0.1, 0.15) is 5.06 Å². The molecule has 2 nitrogen and oxygen atoms in total. The van der Waals surface area contributed by atoms with Crippen molar-refractivity contribution in [3.8, 4) is 0 Å². The average Bonchev–Trinajstić information content (AvgIpc) is 1.14. The summed E-state index contributed by atoms with van der Waals surface area (Å²) in [4.78, 5) is 0. The molecule has 0 aliphatic rings. The molecule has 0 aromatic carbocycles. The van der Waals surface area contributed by atoms with Crippen LogP contribution in [0.2, 0.25) is 0 Å². The van der Waals surface area contributed by atoms with Crippen molar-refractivity contribution in [2.45, 2.75) is 18.9 Å². The van der Waals surface area contributed by atoms with Gasteiger partial charge in [0.25, 0.3) is 0 Å². The largest absolute Gasteiger partial charge is 0.381 e. The second-order valence-corrected chi connectivity index (χ2v) is 6.98. The Morgan fingerprint density at radius 1 is 1.44 bits per heavy atom. The molecule has 0 unspecified atom stereocenters. The van der Waals surface area contributed by atoms with Crippen molar-refractivity contribution in [1.29, 1.82) is 0 Å². The van der Waals surface area contributed by atoms with Crippen molar-refractivity contribution in [2.24, 2.45) is 0 Å². The molecule has 0 N–H and O–H groups in total. The molecule has 0 aromatic rings. The molecule has 0 spiro atoms. The molecule has 0 heterocycles. The lowest BCUT2D eigenvalue weighted by molar-refractivity contribution is 0.215. The molecule has 0 saturated heterocycles. The Balaban J connectivity index is 3.90. The van der Waals surface area contributed by atoms with Crippen LogP contribution < -0.4 is 0 Å². The van der Waals surface area contributed by atoms with Crippen LogP contribution in [0.3, 0.4) is 0 Å². The fourth-order valence-corrected chi connectivity index (χ4v) is 2.30. The summed E-state index contributed by atoms with van der Waals surface area (Å²) in [5, 5.41) is -1.07. The maximum absolute atomic E-state index is 10.5. The number of hydrogen-bond acceptors (Lipinski definition) is 2. The van der Waals surface area contributed by atoms with Crippen LogP contribution in [-0.2, 0) is 9.09 Å². The van der Waals surface area contributed by atoms with Crippen LogP contribution in [0.5, 0.6) is 0 Å². The van der Waals surface area contributed by atoms with Crippen LogP contribution >= 0.6 is 40.2 Å². The number of alkyl halides is 1. The summed E-state index contributed by atoms with van der Waals surface area (Å²) in [5.74, 6) is 0. The molecule has 0 bridgehead atoms. The van der Waals surface area contributed by atoms with E-state index in [0.29, 0.717) is 0 Å². The summed E-state index contributed by atoms with van der Waals surface area (Å²) in [6.45, 7) is 2.98. The van der Waals surface area contributed by atoms with Crippen molar-refractivity contribution in [1.82, 2.24) is 0 Å². The average molecular weight is 211 g/mol. The van der Waals surface area contributed by atoms with Gasteiger partial charge in [-0.15, -0.1) is 0 Å². The Bertz CT molecular complexity index is 134. The quantitative estimate of drug-likeness (QED) is 0.515. The molecule has 9 heavy (non-hydrogen) atoms. The molecular weight excluding hydrogens is 205 g/mol. The Morgan fingerprint density at radius 2 is 1.78 bits per heavy atom. The first-order valence-electron chi connectivity index (χ1n) is 2.10. The normalized spacial score (nSPS) is 13.9. The van der Waals surface area contributed by atoms with E-state index in [1.807, 2.05) is 0 Å². The van der Waals surface area contributed by atoms with Crippen molar-refractivity contribution in [3.05, 3.63) is 0 Å². The summed E-state index contributed by atoms with van der Waals surface area (Å²) >= 11 is 15.5. The smallest absolute Gasteiger partial charge is 0.284 e. The van der Waals surface area contributed by atoms with Crippen LogP contribution in [0.15, 0.2) is 0 Å². The molecule has 0 fully saturated rings. The minimum atomic E-state index is -3.47. The molecule has 0 rings (SSSR count). The van der Waals surface area contributed by atoms with Crippen LogP contribution in [-0.4, -0.2) is 5.06 Å². The van der Waals surface area contributed by atoms with E-state index in [4.69, 9.17) is 34.1 Å². The third kappa shape index (κ3) is 9.06. The van der Waals surface area contributed by atoms with E-state index in [0.717, 1.165) is 0 Å². The van der Waals surface area contributed by atoms with Crippen molar-refractivity contribution >= 4 is 40.2 Å². The van der Waals surface area contributed by atoms with Crippen LogP contribution in [0.4, 0.5) is 0 Å². The van der Waals surface area contributed by atoms with Crippen LogP contribution in [0.1, 0.15) is 13.8 Å². The van der Waals surface area contributed by atoms with Crippen molar-refractivity contribution in [3.63, 3.8) is 0 Å². The van der Waals surface area contributed by atoms with E-state index in [2.05, 4.69) is 4.52 Å². The number of hydrogen-bond donors (Lipinski definition) is 0. The Hall–Kier alpha value is 1.06. The number of rotatable bonds is 2. The zero-order valence-electron chi connectivity index (χ0n) is 4.90. The summed E-state index contributed by atoms with van der Waals surface area (Å²) in [6.07, 6.45) is -3.47. The SMILES string of the molecule is CC(C)(Cl)OP(=O)(Cl)Cl. The minimum absolute atomic E-state index is 1.07. The van der Waals surface area contributed by atoms with Gasteiger partial charge in [-0.05, 0) is 36.3 Å². The molecule has 0 radical (unpaired) electrons. The minimum Gasteiger partial charge on any atom is -0.284 e. The van der Waals surface area contributed by atoms with Gasteiger partial charge in [0.2, 0.25) is 0 Å². The van der Waals surface area contributed by atoms with Crippen molar-refractivity contribution in [2.75, 3.05) is 0 Å². The van der Waals surface area contributed by atoms with E-state index >= 15 is 0 Å². The second-order valence-electron chi connectivity index (χ2n) is 1.87. The predicted octanol–water partition coefficient (Wildman–Crippen LogP) is 3.56. The molecular formula is C3H6Cl3O2P. The standard InChI is InChI=1S/C3H6Cl3O2P/c1-3(2,4)8-9(5,6)7/h1-2H3. The van der Waals surface area contributed by atoms with Gasteiger partial charge in [0.05, 0.1) is 0 Å². The maximum Gasteiger partial charge on any atom is 0.381 e. The zero-order chi connectivity index (χ0) is 7.71. The van der Waals surface area contributed by atoms with Gasteiger partial charge in [-0.2, -0.15) is 0 Å². The van der Waals surface area contributed by atoms with E-state index < -0.39 is 11.1 Å². The third-order valence-corrected chi connectivity index (χ3v) is 1.59. The van der Waals surface area contributed by atoms with Gasteiger partial charge in [-0.3, -0.25) is 9.09 Å². The molecule has 0 amide bonds. The fraction of sp³-hybridized carbons (Fsp3) is 1.00. The van der Waals surface area contributed by atoms with E-state index in [1.54, 1.807) is 0 Å². The van der Waals surface area contributed by atoms with Gasteiger partial charge >= 0.3 is 6.07 Å². The van der Waals surface area contributed by atoms with Crippen molar-refractivity contribution < 1.29 is 9.09 Å². The lowest BCUT2D eigenvalue weighted by atomic mass is 10.5. The first-order valence-corrected chi connectivity index (χ1v) is 5.91. The Morgan fingerprint density at radius 3 is 1.78 bits per heavy atom. The highest BCUT2D eigenvalue weighted by atomic mass is 35.9. The molecule has 0 saturated carbocycles. The summed E-state index contributed by atoms with van der Waals surface area (Å²) in [7, 11) is 0. The predicted molar refractivity (Wildman–Crippen MR) is 40.3 cm³/mol. The summed E-state index contributed by atoms with van der Waals surface area (Å²) in [6, 6.07) is 0. The lowest BCUT2D eigenvalue weighted by Gasteiger charge is -2.16. The first-order chi connectivity index (χ1) is 3.71. The third-order valence-electron chi connectivity index (χ3n) is 0.323. The van der Waals surface area contributed by atoms with E-state index in [-0.39, 0.29) is 0 Å². The zero-order valence-corrected chi connectivity index (χ0v) is 8.06. The van der Waals surface area contributed by atoms with E-state index in [1.165, 1.54) is 13.8 Å². The topological polar surface area (TPSA) is 26.3 Å². The number of halogens is 3. The Kier molecular flexibility index (Phi) is 3.33. The van der Waals surface area contributed by atoms with Crippen LogP contribution in [0.25, 0.3) is 0 Å². The summed E-state index contributed by atoms with van der Waals surface area (Å²) < 4.78 is 14.9. The molecule has 0 aliphatic heterocycles. The van der Waals surface area contributed by atoms with Gasteiger partial charge in [0.15, 0.2) is 0 Å². The molecule has 0 atom stereocenters. The van der Waals surface area contributed by atoms with Gasteiger partial charge in [-0.1, -0.05) is 11.6 Å². The fourth-order valence-electron chi connectivity index (χ4n) is 0.253. The molecule has 6 heteroatoms. The summed E-state index contributed by atoms with van der Waals surface area (Å²) in [5.41, 5.74) is 0. The van der Waals surface area contributed by atoms with Gasteiger partial charge in [0, 0.05) is 0 Å². The highest BCUT2D eigenvalue weighted by Gasteiger charge is 2.25. The second kappa shape index (κ2) is 2.98. The lowest BCUT2D eigenvalue weighted by Crippen LogP contribution is -2.10. The van der Waals surface area contributed by atoms with Gasteiger partial charge in [-0.25, -0.2) is 0 Å². The molecule has 0 aromatic heterocycles. The first kappa shape index (κ1) is 10.1. The van der Waals surface area contributed by atoms with E-state index in [9.17, 15) is 4.57 Å².